The van der Waals surface area contributed by atoms with E-state index in [1.165, 1.54) is 12.8 Å². The van der Waals surface area contributed by atoms with Crippen LogP contribution in [0.25, 0.3) is 0 Å². The molecule has 0 bridgehead atoms. The van der Waals surface area contributed by atoms with Crippen LogP contribution in [0.4, 0.5) is 0 Å². The molecule has 1 aromatic carbocycles. The smallest absolute Gasteiger partial charge is 0.193 e. The fourth-order valence-corrected chi connectivity index (χ4v) is 4.16. The van der Waals surface area contributed by atoms with Crippen LogP contribution in [0, 0.1) is 5.92 Å². The molecule has 2 aliphatic rings. The van der Waals surface area contributed by atoms with Gasteiger partial charge in [-0.15, -0.1) is 24.0 Å². The third-order valence-corrected chi connectivity index (χ3v) is 5.89. The van der Waals surface area contributed by atoms with Gasteiger partial charge in [0.05, 0.1) is 33.0 Å². The molecule has 176 valence electrons. The lowest BCUT2D eigenvalue weighted by molar-refractivity contribution is 0.0536. The fraction of sp³-hybridized carbons (Fsp3) is 0.696. The summed E-state index contributed by atoms with van der Waals surface area (Å²) in [5, 5.41) is 3.52. The van der Waals surface area contributed by atoms with Gasteiger partial charge in [0.15, 0.2) is 5.96 Å². The first-order chi connectivity index (χ1) is 14.7. The normalized spacial score (nSPS) is 19.4. The Morgan fingerprint density at radius 3 is 2.68 bits per heavy atom. The van der Waals surface area contributed by atoms with Crippen molar-refractivity contribution >= 4 is 29.9 Å². The van der Waals surface area contributed by atoms with Gasteiger partial charge in [-0.1, -0.05) is 0 Å². The molecule has 31 heavy (non-hydrogen) atoms. The molecule has 3 rings (SSSR count). The molecule has 0 aromatic heterocycles. The molecule has 7 nitrogen and oxygen atoms in total. The Morgan fingerprint density at radius 2 is 1.97 bits per heavy atom. The zero-order valence-corrected chi connectivity index (χ0v) is 21.4. The Kier molecular flexibility index (Phi) is 11.7. The second-order valence-electron chi connectivity index (χ2n) is 8.07. The van der Waals surface area contributed by atoms with Crippen molar-refractivity contribution in [3.8, 4) is 11.5 Å². The Hall–Kier alpha value is -1.26. The van der Waals surface area contributed by atoms with E-state index >= 15 is 0 Å². The van der Waals surface area contributed by atoms with Gasteiger partial charge in [0.25, 0.3) is 0 Å². The van der Waals surface area contributed by atoms with E-state index in [-0.39, 0.29) is 24.0 Å². The number of likely N-dealkylation sites (tertiary alicyclic amines) is 1. The molecule has 8 heteroatoms. The number of hydrogen-bond acceptors (Lipinski definition) is 5. The van der Waals surface area contributed by atoms with Crippen molar-refractivity contribution in [2.45, 2.75) is 44.8 Å². The predicted molar refractivity (Wildman–Crippen MR) is 134 cm³/mol. The molecule has 1 saturated carbocycles. The van der Waals surface area contributed by atoms with Crippen LogP contribution in [0.3, 0.4) is 0 Å². The number of methoxy groups -OCH3 is 2. The van der Waals surface area contributed by atoms with E-state index in [9.17, 15) is 0 Å². The second-order valence-corrected chi connectivity index (χ2v) is 8.07. The summed E-state index contributed by atoms with van der Waals surface area (Å²) in [5.74, 6) is 3.20. The van der Waals surface area contributed by atoms with Crippen molar-refractivity contribution in [2.24, 2.45) is 10.9 Å². The highest BCUT2D eigenvalue weighted by Crippen LogP contribution is 2.30. The summed E-state index contributed by atoms with van der Waals surface area (Å²) < 4.78 is 22.5. The number of halogens is 1. The van der Waals surface area contributed by atoms with Gasteiger partial charge in [0.2, 0.25) is 0 Å². The average Bonchev–Trinajstić information content (AvgIpc) is 3.45. The number of nitrogens with zero attached hydrogens (tertiary/aromatic N) is 2. The first kappa shape index (κ1) is 26.0. The van der Waals surface area contributed by atoms with E-state index in [1.807, 2.05) is 19.2 Å². The Bertz CT molecular complexity index is 683. The van der Waals surface area contributed by atoms with E-state index in [0.29, 0.717) is 31.8 Å². The number of aliphatic imine (C=N–C) groups is 1. The average molecular weight is 547 g/mol. The van der Waals surface area contributed by atoms with E-state index in [4.69, 9.17) is 18.9 Å². The zero-order valence-electron chi connectivity index (χ0n) is 19.1. The van der Waals surface area contributed by atoms with Gasteiger partial charge in [0, 0.05) is 51.3 Å². The third kappa shape index (κ3) is 7.98. The maximum atomic E-state index is 6.32. The van der Waals surface area contributed by atoms with E-state index in [2.05, 4.69) is 21.3 Å². The van der Waals surface area contributed by atoms with Gasteiger partial charge in [0.1, 0.15) is 11.5 Å². The Labute approximate surface area is 203 Å². The minimum Gasteiger partial charge on any atom is -0.497 e. The highest BCUT2D eigenvalue weighted by molar-refractivity contribution is 14.0. The van der Waals surface area contributed by atoms with Crippen LogP contribution in [0.2, 0.25) is 0 Å². The lowest BCUT2D eigenvalue weighted by Gasteiger charge is -2.23. The topological polar surface area (TPSA) is 64.6 Å². The summed E-state index contributed by atoms with van der Waals surface area (Å²) in [5.41, 5.74) is 1.13. The van der Waals surface area contributed by atoms with Crippen LogP contribution in [0.15, 0.2) is 23.2 Å². The molecule has 0 amide bonds. The molecule has 1 aliphatic heterocycles. The molecular weight excluding hydrogens is 509 g/mol. The quantitative estimate of drug-likeness (QED) is 0.209. The van der Waals surface area contributed by atoms with Crippen molar-refractivity contribution in [1.82, 2.24) is 10.2 Å². The Morgan fingerprint density at radius 1 is 1.16 bits per heavy atom. The highest BCUT2D eigenvalue weighted by Gasteiger charge is 2.25. The predicted octanol–water partition coefficient (Wildman–Crippen LogP) is 3.69. The third-order valence-electron chi connectivity index (χ3n) is 5.89. The maximum Gasteiger partial charge on any atom is 0.193 e. The summed E-state index contributed by atoms with van der Waals surface area (Å²) in [7, 11) is 5.23. The number of benzene rings is 1. The Balaban J connectivity index is 0.00000341. The van der Waals surface area contributed by atoms with E-state index in [1.54, 1.807) is 14.2 Å². The zero-order chi connectivity index (χ0) is 21.2. The lowest BCUT2D eigenvalue weighted by atomic mass is 10.1. The number of hydrogen-bond donors (Lipinski definition) is 1. The van der Waals surface area contributed by atoms with Crippen LogP contribution in [-0.4, -0.2) is 71.1 Å². The number of guanidine groups is 1. The molecule has 0 spiro atoms. The molecule has 1 heterocycles. The van der Waals surface area contributed by atoms with Crippen LogP contribution >= 0.6 is 24.0 Å². The van der Waals surface area contributed by atoms with Crippen LogP contribution in [0.1, 0.15) is 37.7 Å². The van der Waals surface area contributed by atoms with Gasteiger partial charge < -0.3 is 29.2 Å². The van der Waals surface area contributed by atoms with Gasteiger partial charge in [-0.05, 0) is 44.2 Å². The molecule has 1 atom stereocenters. The number of nitrogens with one attached hydrogen (secondary N) is 1. The fourth-order valence-electron chi connectivity index (χ4n) is 4.16. The van der Waals surface area contributed by atoms with Crippen LogP contribution < -0.4 is 14.8 Å². The molecule has 1 N–H and O–H groups in total. The molecule has 1 saturated heterocycles. The highest BCUT2D eigenvalue weighted by atomic mass is 127. The second kappa shape index (κ2) is 14.0. The first-order valence-electron chi connectivity index (χ1n) is 11.1. The summed E-state index contributed by atoms with van der Waals surface area (Å²) in [6.45, 7) is 4.69. The van der Waals surface area contributed by atoms with Crippen molar-refractivity contribution in [2.75, 3.05) is 54.2 Å². The molecule has 1 aliphatic carbocycles. The van der Waals surface area contributed by atoms with Crippen molar-refractivity contribution < 1.29 is 18.9 Å². The van der Waals surface area contributed by atoms with Gasteiger partial charge >= 0.3 is 0 Å². The monoisotopic (exact) mass is 547 g/mol. The first-order valence-corrected chi connectivity index (χ1v) is 11.1. The van der Waals surface area contributed by atoms with Crippen molar-refractivity contribution in [1.29, 1.82) is 0 Å². The summed E-state index contributed by atoms with van der Waals surface area (Å²) in [6.07, 6.45) is 6.19. The molecule has 1 unspecified atom stereocenters. The van der Waals surface area contributed by atoms with Gasteiger partial charge in [-0.25, -0.2) is 0 Å². The van der Waals surface area contributed by atoms with Crippen molar-refractivity contribution in [3.05, 3.63) is 23.8 Å². The standard InChI is InChI=1S/C23H37N3O4.HI/c1-24-23(26-11-10-18(16-26)17-29-13-12-27-2)25-15-19-8-9-21(28-3)14-22(19)30-20-6-4-5-7-20;/h8-9,14,18,20H,4-7,10-13,15-17H2,1-3H3,(H,24,25);1H. The SMILES string of the molecule is CN=C(NCc1ccc(OC)cc1OC1CCCC1)N1CCC(COCCOC)C1.I. The van der Waals surface area contributed by atoms with Crippen LogP contribution in [0.5, 0.6) is 11.5 Å². The lowest BCUT2D eigenvalue weighted by Crippen LogP contribution is -2.40. The van der Waals surface area contributed by atoms with Gasteiger partial charge in [-0.3, -0.25) is 4.99 Å². The molecule has 2 fully saturated rings. The van der Waals surface area contributed by atoms with Crippen molar-refractivity contribution in [3.63, 3.8) is 0 Å². The largest absolute Gasteiger partial charge is 0.497 e. The minimum atomic E-state index is 0. The molecule has 0 radical (unpaired) electrons. The summed E-state index contributed by atoms with van der Waals surface area (Å²) in [4.78, 5) is 6.81. The van der Waals surface area contributed by atoms with E-state index < -0.39 is 0 Å². The van der Waals surface area contributed by atoms with E-state index in [0.717, 1.165) is 62.0 Å². The van der Waals surface area contributed by atoms with Gasteiger partial charge in [-0.2, -0.15) is 0 Å². The minimum absolute atomic E-state index is 0. The molecule has 1 aromatic rings. The summed E-state index contributed by atoms with van der Waals surface area (Å²) in [6, 6.07) is 6.08. The maximum absolute atomic E-state index is 6.32. The summed E-state index contributed by atoms with van der Waals surface area (Å²) >= 11 is 0. The molecular formula is C23H38IN3O4. The number of rotatable bonds is 10. The van der Waals surface area contributed by atoms with Crippen LogP contribution in [-0.2, 0) is 16.0 Å². The number of ether oxygens (including phenoxy) is 4.